The summed E-state index contributed by atoms with van der Waals surface area (Å²) in [7, 11) is 0. The number of ketones is 1. The summed E-state index contributed by atoms with van der Waals surface area (Å²) in [5, 5.41) is 9.15. The molecule has 1 atom stereocenters. The molecule has 116 valence electrons. The Morgan fingerprint density at radius 1 is 1.23 bits per heavy atom. The molecule has 3 rings (SSSR count). The van der Waals surface area contributed by atoms with Crippen molar-refractivity contribution in [3.8, 4) is 0 Å². The lowest BCUT2D eigenvalue weighted by atomic mass is 9.93. The molecule has 1 aliphatic carbocycles. The Morgan fingerprint density at radius 2 is 2.00 bits per heavy atom. The number of rotatable bonds is 2. The first-order valence-electron chi connectivity index (χ1n) is 7.32. The van der Waals surface area contributed by atoms with Crippen LogP contribution in [0.2, 0.25) is 0 Å². The number of carbonyl (C=O) groups excluding carboxylic acids is 2. The second-order valence-corrected chi connectivity index (χ2v) is 5.68. The molecule has 1 fully saturated rings. The van der Waals surface area contributed by atoms with Gasteiger partial charge in [-0.05, 0) is 31.7 Å². The van der Waals surface area contributed by atoms with Crippen LogP contribution in [0.5, 0.6) is 0 Å². The Balaban J connectivity index is 1.99. The van der Waals surface area contributed by atoms with Crippen LogP contribution in [0.3, 0.4) is 0 Å². The molecule has 22 heavy (non-hydrogen) atoms. The maximum atomic E-state index is 12.5. The topological polar surface area (TPSA) is 108 Å². The van der Waals surface area contributed by atoms with E-state index in [1.807, 2.05) is 0 Å². The van der Waals surface area contributed by atoms with E-state index < -0.39 is 23.5 Å². The third kappa shape index (κ3) is 2.32. The number of fused-ring (bicyclic) bond motifs is 1. The zero-order chi connectivity index (χ0) is 15.9. The smallest absolute Gasteiger partial charge is 0.326 e. The van der Waals surface area contributed by atoms with Crippen LogP contribution < -0.4 is 5.56 Å². The first-order valence-corrected chi connectivity index (χ1v) is 7.32. The van der Waals surface area contributed by atoms with Crippen molar-refractivity contribution in [2.75, 3.05) is 6.54 Å². The number of carbonyl (C=O) groups is 3. The molecule has 2 heterocycles. The van der Waals surface area contributed by atoms with Crippen LogP contribution in [0.1, 0.15) is 52.1 Å². The zero-order valence-electron chi connectivity index (χ0n) is 11.9. The average Bonchev–Trinajstić information content (AvgIpc) is 2.96. The fourth-order valence-corrected chi connectivity index (χ4v) is 3.16. The molecule has 7 nitrogen and oxygen atoms in total. The van der Waals surface area contributed by atoms with Gasteiger partial charge in [-0.25, -0.2) is 4.79 Å². The predicted octanol–water partition coefficient (Wildman–Crippen LogP) is 0.583. The maximum absolute atomic E-state index is 12.5. The minimum absolute atomic E-state index is 0.0947. The number of hydrogen-bond acceptors (Lipinski definition) is 4. The number of nitrogens with one attached hydrogen (secondary N) is 1. The molecule has 0 spiro atoms. The summed E-state index contributed by atoms with van der Waals surface area (Å²) in [5.41, 5.74) is 0.228. The normalized spacial score (nSPS) is 20.8. The van der Waals surface area contributed by atoms with E-state index in [1.165, 1.54) is 11.0 Å². The monoisotopic (exact) mass is 304 g/mol. The summed E-state index contributed by atoms with van der Waals surface area (Å²) in [5.74, 6) is -1.79. The number of aromatic nitrogens is 1. The third-order valence-corrected chi connectivity index (χ3v) is 4.28. The van der Waals surface area contributed by atoms with Gasteiger partial charge in [0.15, 0.2) is 5.78 Å². The van der Waals surface area contributed by atoms with Crippen LogP contribution in [0.4, 0.5) is 0 Å². The van der Waals surface area contributed by atoms with E-state index in [9.17, 15) is 19.2 Å². The number of H-pyrrole nitrogens is 1. The summed E-state index contributed by atoms with van der Waals surface area (Å²) < 4.78 is 0. The van der Waals surface area contributed by atoms with Crippen molar-refractivity contribution in [3.05, 3.63) is 33.2 Å². The largest absolute Gasteiger partial charge is 0.480 e. The van der Waals surface area contributed by atoms with E-state index >= 15 is 0 Å². The van der Waals surface area contributed by atoms with Crippen LogP contribution in [0.25, 0.3) is 0 Å². The van der Waals surface area contributed by atoms with Gasteiger partial charge in [0.25, 0.3) is 11.5 Å². The number of amides is 1. The van der Waals surface area contributed by atoms with Crippen molar-refractivity contribution >= 4 is 17.7 Å². The second-order valence-electron chi connectivity index (χ2n) is 5.68. The molecule has 2 aliphatic rings. The highest BCUT2D eigenvalue weighted by atomic mass is 16.4. The van der Waals surface area contributed by atoms with Crippen molar-refractivity contribution in [2.45, 2.75) is 38.1 Å². The molecule has 0 aromatic carbocycles. The molecule has 1 aliphatic heterocycles. The lowest BCUT2D eigenvalue weighted by Crippen LogP contribution is -2.42. The van der Waals surface area contributed by atoms with Crippen molar-refractivity contribution in [2.24, 2.45) is 0 Å². The second kappa shape index (κ2) is 5.40. The Kier molecular flexibility index (Phi) is 3.56. The molecule has 1 unspecified atom stereocenters. The van der Waals surface area contributed by atoms with Gasteiger partial charge >= 0.3 is 5.97 Å². The average molecular weight is 304 g/mol. The van der Waals surface area contributed by atoms with Gasteiger partial charge in [0.2, 0.25) is 0 Å². The number of likely N-dealkylation sites (tertiary alicyclic amines) is 1. The van der Waals surface area contributed by atoms with E-state index in [0.717, 1.165) is 0 Å². The number of pyridine rings is 1. The number of aliphatic carboxylic acids is 1. The van der Waals surface area contributed by atoms with Gasteiger partial charge in [-0.3, -0.25) is 14.4 Å². The van der Waals surface area contributed by atoms with Gasteiger partial charge in [-0.1, -0.05) is 0 Å². The minimum Gasteiger partial charge on any atom is -0.480 e. The van der Waals surface area contributed by atoms with Crippen molar-refractivity contribution in [1.29, 1.82) is 0 Å². The molecular formula is C15H16N2O5. The Bertz CT molecular complexity index is 721. The number of Topliss-reactive ketones (excluding diaryl/α,β-unsaturated/α-hetero) is 1. The van der Waals surface area contributed by atoms with Crippen LogP contribution >= 0.6 is 0 Å². The number of aryl methyl sites for hydroxylation is 1. The molecule has 1 aromatic rings. The molecule has 1 saturated heterocycles. The highest BCUT2D eigenvalue weighted by molar-refractivity contribution is 6.02. The first-order chi connectivity index (χ1) is 10.5. The zero-order valence-corrected chi connectivity index (χ0v) is 11.9. The highest BCUT2D eigenvalue weighted by Crippen LogP contribution is 2.22. The van der Waals surface area contributed by atoms with Crippen molar-refractivity contribution < 1.29 is 19.5 Å². The number of nitrogens with zero attached hydrogens (tertiary/aromatic N) is 1. The molecule has 0 bridgehead atoms. The molecule has 0 radical (unpaired) electrons. The number of carboxylic acids is 1. The lowest BCUT2D eigenvalue weighted by molar-refractivity contribution is -0.141. The fourth-order valence-electron chi connectivity index (χ4n) is 3.16. The Labute approximate surface area is 125 Å². The van der Waals surface area contributed by atoms with Gasteiger partial charge in [-0.2, -0.15) is 0 Å². The molecule has 0 saturated carbocycles. The van der Waals surface area contributed by atoms with Gasteiger partial charge in [0.1, 0.15) is 11.6 Å². The maximum Gasteiger partial charge on any atom is 0.326 e. The van der Waals surface area contributed by atoms with Crippen molar-refractivity contribution in [3.63, 3.8) is 0 Å². The van der Waals surface area contributed by atoms with E-state index in [4.69, 9.17) is 5.11 Å². The third-order valence-electron chi connectivity index (χ3n) is 4.28. The summed E-state index contributed by atoms with van der Waals surface area (Å²) in [6.07, 6.45) is 2.65. The van der Waals surface area contributed by atoms with Crippen LogP contribution in [-0.2, 0) is 11.2 Å². The fraction of sp³-hybridized carbons (Fsp3) is 0.467. The molecular weight excluding hydrogens is 288 g/mol. The highest BCUT2D eigenvalue weighted by Gasteiger charge is 2.36. The van der Waals surface area contributed by atoms with Crippen LogP contribution in [-0.4, -0.2) is 45.2 Å². The summed E-state index contributed by atoms with van der Waals surface area (Å²) in [6, 6.07) is 0.425. The number of carboxylic acid groups (broad SMARTS) is 1. The molecule has 1 aromatic heterocycles. The SMILES string of the molecule is O=C1CCCc2[nH]c(=O)c(C(=O)N3CCCC3C(=O)O)cc21. The van der Waals surface area contributed by atoms with Gasteiger partial charge in [0.05, 0.1) is 0 Å². The molecule has 2 N–H and O–H groups in total. The quantitative estimate of drug-likeness (QED) is 0.831. The minimum atomic E-state index is -1.07. The number of aromatic amines is 1. The predicted molar refractivity (Wildman–Crippen MR) is 76.0 cm³/mol. The van der Waals surface area contributed by atoms with E-state index in [0.29, 0.717) is 49.9 Å². The van der Waals surface area contributed by atoms with E-state index in [2.05, 4.69) is 4.98 Å². The summed E-state index contributed by atoms with van der Waals surface area (Å²) in [6.45, 7) is 0.306. The summed E-state index contributed by atoms with van der Waals surface area (Å²) >= 11 is 0. The van der Waals surface area contributed by atoms with E-state index in [1.54, 1.807) is 0 Å². The van der Waals surface area contributed by atoms with E-state index in [-0.39, 0.29) is 11.3 Å². The van der Waals surface area contributed by atoms with Crippen molar-refractivity contribution in [1.82, 2.24) is 9.88 Å². The molecule has 1 amide bonds. The standard InChI is InChI=1S/C15H16N2O5/c18-12-5-1-3-10-8(12)7-9(13(19)16-10)14(20)17-6-2-4-11(17)15(21)22/h7,11H,1-6H2,(H,16,19)(H,21,22). The van der Waals surface area contributed by atoms with Gasteiger partial charge in [-0.15, -0.1) is 0 Å². The lowest BCUT2D eigenvalue weighted by Gasteiger charge is -2.22. The Hall–Kier alpha value is -2.44. The summed E-state index contributed by atoms with van der Waals surface area (Å²) in [4.78, 5) is 51.5. The first kappa shape index (κ1) is 14.5. The molecule has 7 heteroatoms. The van der Waals surface area contributed by atoms with Crippen LogP contribution in [0.15, 0.2) is 10.9 Å². The van der Waals surface area contributed by atoms with Gasteiger partial charge in [0, 0.05) is 24.2 Å². The van der Waals surface area contributed by atoms with Crippen LogP contribution in [0, 0.1) is 0 Å². The van der Waals surface area contributed by atoms with Gasteiger partial charge < -0.3 is 15.0 Å². The Morgan fingerprint density at radius 3 is 2.73 bits per heavy atom. The number of hydrogen-bond donors (Lipinski definition) is 2.